The first-order valence-corrected chi connectivity index (χ1v) is 8.27. The molecule has 0 aromatic carbocycles. The van der Waals surface area contributed by atoms with Gasteiger partial charge in [-0.25, -0.2) is 0 Å². The molecule has 1 unspecified atom stereocenters. The van der Waals surface area contributed by atoms with Crippen molar-refractivity contribution in [2.75, 3.05) is 18.2 Å². The van der Waals surface area contributed by atoms with Crippen LogP contribution in [0.2, 0.25) is 0 Å². The Bertz CT molecular complexity index is 537. The lowest BCUT2D eigenvalue weighted by atomic mass is 10.2. The van der Waals surface area contributed by atoms with Gasteiger partial charge < -0.3 is 14.6 Å². The van der Waals surface area contributed by atoms with Gasteiger partial charge in [-0.05, 0) is 37.0 Å². The number of carbonyl (C=O) groups is 2. The van der Waals surface area contributed by atoms with Gasteiger partial charge in [-0.2, -0.15) is 0 Å². The highest BCUT2D eigenvalue weighted by atomic mass is 32.2. The van der Waals surface area contributed by atoms with E-state index in [4.69, 9.17) is 4.42 Å². The third kappa shape index (κ3) is 3.69. The van der Waals surface area contributed by atoms with E-state index >= 15 is 0 Å². The summed E-state index contributed by atoms with van der Waals surface area (Å²) in [6.07, 6.45) is 7.06. The summed E-state index contributed by atoms with van der Waals surface area (Å²) >= 11 is 1.61. The monoisotopic (exact) mass is 306 g/mol. The molecule has 21 heavy (non-hydrogen) atoms. The molecule has 0 bridgehead atoms. The van der Waals surface area contributed by atoms with Crippen LogP contribution < -0.4 is 5.32 Å². The van der Waals surface area contributed by atoms with Gasteiger partial charge in [0.1, 0.15) is 11.8 Å². The zero-order valence-corrected chi connectivity index (χ0v) is 12.5. The summed E-state index contributed by atoms with van der Waals surface area (Å²) in [6.45, 7) is 0.740. The van der Waals surface area contributed by atoms with E-state index in [0.717, 1.165) is 6.54 Å². The zero-order valence-electron chi connectivity index (χ0n) is 11.7. The Balaban J connectivity index is 1.57. The van der Waals surface area contributed by atoms with Crippen LogP contribution in [0.15, 0.2) is 28.9 Å². The highest BCUT2D eigenvalue weighted by molar-refractivity contribution is 7.99. The molecular formula is C15H18N2O3S. The second-order valence-corrected chi connectivity index (χ2v) is 6.36. The SMILES string of the molecule is O=C(NCC1CC1)C1CSCN1C(=O)/C=C/c1ccco1. The Morgan fingerprint density at radius 2 is 2.33 bits per heavy atom. The number of nitrogens with zero attached hydrogens (tertiary/aromatic N) is 1. The lowest BCUT2D eigenvalue weighted by Crippen LogP contribution is -2.47. The van der Waals surface area contributed by atoms with Crippen LogP contribution in [-0.2, 0) is 9.59 Å². The molecule has 0 radical (unpaired) electrons. The molecule has 2 amide bonds. The number of rotatable bonds is 5. The minimum atomic E-state index is -0.359. The molecule has 1 atom stereocenters. The molecule has 6 heteroatoms. The number of furan rings is 1. The summed E-state index contributed by atoms with van der Waals surface area (Å²) in [5.74, 6) is 2.31. The first kappa shape index (κ1) is 14.3. The molecule has 1 saturated carbocycles. The van der Waals surface area contributed by atoms with Gasteiger partial charge in [0.15, 0.2) is 0 Å². The van der Waals surface area contributed by atoms with E-state index in [0.29, 0.717) is 23.3 Å². The first-order valence-electron chi connectivity index (χ1n) is 7.11. The second-order valence-electron chi connectivity index (χ2n) is 5.36. The van der Waals surface area contributed by atoms with Crippen LogP contribution in [0.25, 0.3) is 6.08 Å². The number of nitrogens with one attached hydrogen (secondary N) is 1. The molecule has 2 fully saturated rings. The quantitative estimate of drug-likeness (QED) is 0.841. The van der Waals surface area contributed by atoms with Crippen molar-refractivity contribution in [2.45, 2.75) is 18.9 Å². The predicted molar refractivity (Wildman–Crippen MR) is 81.4 cm³/mol. The van der Waals surface area contributed by atoms with E-state index in [9.17, 15) is 9.59 Å². The van der Waals surface area contributed by atoms with Crippen LogP contribution in [0.5, 0.6) is 0 Å². The molecule has 1 aliphatic heterocycles. The summed E-state index contributed by atoms with van der Waals surface area (Å²) in [4.78, 5) is 26.0. The van der Waals surface area contributed by atoms with Crippen molar-refractivity contribution >= 4 is 29.7 Å². The highest BCUT2D eigenvalue weighted by Crippen LogP contribution is 2.28. The maximum Gasteiger partial charge on any atom is 0.248 e. The lowest BCUT2D eigenvalue weighted by molar-refractivity contribution is -0.134. The zero-order chi connectivity index (χ0) is 14.7. The topological polar surface area (TPSA) is 62.6 Å². The summed E-state index contributed by atoms with van der Waals surface area (Å²) in [5, 5.41) is 2.95. The number of carbonyl (C=O) groups excluding carboxylic acids is 2. The Labute approximate surface area is 127 Å². The largest absolute Gasteiger partial charge is 0.465 e. The third-order valence-electron chi connectivity index (χ3n) is 3.66. The predicted octanol–water partition coefficient (Wildman–Crippen LogP) is 1.72. The van der Waals surface area contributed by atoms with Crippen molar-refractivity contribution in [3.05, 3.63) is 30.2 Å². The normalized spacial score (nSPS) is 21.9. The summed E-state index contributed by atoms with van der Waals surface area (Å²) in [7, 11) is 0. The van der Waals surface area contributed by atoms with E-state index in [-0.39, 0.29) is 17.9 Å². The minimum absolute atomic E-state index is 0.0355. The fourth-order valence-corrected chi connectivity index (χ4v) is 3.36. The molecule has 3 rings (SSSR count). The van der Waals surface area contributed by atoms with Crippen molar-refractivity contribution in [1.82, 2.24) is 10.2 Å². The van der Waals surface area contributed by atoms with Crippen molar-refractivity contribution < 1.29 is 14.0 Å². The van der Waals surface area contributed by atoms with Gasteiger partial charge in [0.05, 0.1) is 12.1 Å². The van der Waals surface area contributed by atoms with Crippen LogP contribution in [0.3, 0.4) is 0 Å². The Morgan fingerprint density at radius 1 is 1.48 bits per heavy atom. The van der Waals surface area contributed by atoms with E-state index in [1.807, 2.05) is 0 Å². The van der Waals surface area contributed by atoms with E-state index in [1.165, 1.54) is 18.9 Å². The van der Waals surface area contributed by atoms with E-state index in [1.54, 1.807) is 41.1 Å². The molecule has 0 spiro atoms. The van der Waals surface area contributed by atoms with Crippen molar-refractivity contribution in [2.24, 2.45) is 5.92 Å². The van der Waals surface area contributed by atoms with E-state index in [2.05, 4.69) is 5.32 Å². The second kappa shape index (κ2) is 6.39. The molecular weight excluding hydrogens is 288 g/mol. The highest BCUT2D eigenvalue weighted by Gasteiger charge is 2.34. The van der Waals surface area contributed by atoms with Crippen LogP contribution >= 0.6 is 11.8 Å². The molecule has 2 aliphatic rings. The molecule has 1 saturated heterocycles. The first-order chi connectivity index (χ1) is 10.2. The van der Waals surface area contributed by atoms with Gasteiger partial charge in [0, 0.05) is 18.4 Å². The number of thioether (sulfide) groups is 1. The van der Waals surface area contributed by atoms with Crippen LogP contribution in [0.4, 0.5) is 0 Å². The minimum Gasteiger partial charge on any atom is -0.465 e. The van der Waals surface area contributed by atoms with Crippen LogP contribution in [-0.4, -0.2) is 40.9 Å². The Morgan fingerprint density at radius 3 is 3.05 bits per heavy atom. The van der Waals surface area contributed by atoms with Crippen molar-refractivity contribution in [3.8, 4) is 0 Å². The maximum absolute atomic E-state index is 12.2. The molecule has 1 aliphatic carbocycles. The van der Waals surface area contributed by atoms with Gasteiger partial charge in [0.25, 0.3) is 0 Å². The average Bonchev–Trinajstić information content (AvgIpc) is 2.98. The molecule has 1 N–H and O–H groups in total. The van der Waals surface area contributed by atoms with Gasteiger partial charge in [-0.15, -0.1) is 11.8 Å². The van der Waals surface area contributed by atoms with Crippen molar-refractivity contribution in [3.63, 3.8) is 0 Å². The van der Waals surface area contributed by atoms with Gasteiger partial charge in [0.2, 0.25) is 11.8 Å². The molecule has 1 aromatic rings. The fourth-order valence-electron chi connectivity index (χ4n) is 2.20. The smallest absolute Gasteiger partial charge is 0.248 e. The molecule has 1 aromatic heterocycles. The standard InChI is InChI=1S/C15H18N2O3S/c18-14(6-5-12-2-1-7-20-12)17-10-21-9-13(17)15(19)16-8-11-3-4-11/h1-2,5-7,11,13H,3-4,8-10H2,(H,16,19)/b6-5+. The molecule has 5 nitrogen and oxygen atoms in total. The van der Waals surface area contributed by atoms with Gasteiger partial charge in [-0.3, -0.25) is 9.59 Å². The maximum atomic E-state index is 12.2. The van der Waals surface area contributed by atoms with Gasteiger partial charge in [-0.1, -0.05) is 0 Å². The van der Waals surface area contributed by atoms with E-state index < -0.39 is 0 Å². The van der Waals surface area contributed by atoms with Crippen molar-refractivity contribution in [1.29, 1.82) is 0 Å². The summed E-state index contributed by atoms with van der Waals surface area (Å²) in [6, 6.07) is 3.19. The number of hydrogen-bond donors (Lipinski definition) is 1. The van der Waals surface area contributed by atoms with Crippen LogP contribution in [0, 0.1) is 5.92 Å². The summed E-state index contributed by atoms with van der Waals surface area (Å²) in [5.41, 5.74) is 0. The lowest BCUT2D eigenvalue weighted by Gasteiger charge is -2.21. The number of hydrogen-bond acceptors (Lipinski definition) is 4. The molecule has 112 valence electrons. The fraction of sp³-hybridized carbons (Fsp3) is 0.467. The Kier molecular flexibility index (Phi) is 4.34. The van der Waals surface area contributed by atoms with Gasteiger partial charge >= 0.3 is 0 Å². The van der Waals surface area contributed by atoms with Crippen LogP contribution in [0.1, 0.15) is 18.6 Å². The Hall–Kier alpha value is -1.69. The third-order valence-corrected chi connectivity index (χ3v) is 4.68. The summed E-state index contributed by atoms with van der Waals surface area (Å²) < 4.78 is 5.15. The number of amides is 2. The molecule has 2 heterocycles. The average molecular weight is 306 g/mol.